The number of rotatable bonds is 3. The maximum atomic E-state index is 11.6. The minimum absolute atomic E-state index is 0. The summed E-state index contributed by atoms with van der Waals surface area (Å²) in [5.74, 6) is 0.127. The summed E-state index contributed by atoms with van der Waals surface area (Å²) in [7, 11) is 0. The van der Waals surface area contributed by atoms with E-state index in [2.05, 4.69) is 10.2 Å². The van der Waals surface area contributed by atoms with Crippen LogP contribution in [-0.2, 0) is 6.42 Å². The molecule has 0 aliphatic heterocycles. The molecule has 1 aromatic carbocycles. The Morgan fingerprint density at radius 3 is 2.46 bits per heavy atom. The fourth-order valence-corrected chi connectivity index (χ4v) is 2.85. The van der Waals surface area contributed by atoms with Crippen molar-refractivity contribution in [2.75, 3.05) is 0 Å². The first-order valence-electron chi connectivity index (χ1n) is 7.17. The van der Waals surface area contributed by atoms with Crippen LogP contribution < -0.4 is 17.2 Å². The minimum atomic E-state index is -0.564. The summed E-state index contributed by atoms with van der Waals surface area (Å²) in [6.45, 7) is 0. The molecule has 0 spiro atoms. The highest BCUT2D eigenvalue weighted by atomic mass is 35.5. The number of carbonyl (C=O) groups excluding carboxylic acids is 1. The number of nitrogens with zero attached hydrogens (tertiary/aromatic N) is 2. The zero-order valence-corrected chi connectivity index (χ0v) is 13.6. The Bertz CT molecular complexity index is 794. The molecule has 1 amide bonds. The van der Waals surface area contributed by atoms with Crippen molar-refractivity contribution in [3.8, 4) is 0 Å². The number of fused-ring (bicyclic) bond motifs is 1. The Morgan fingerprint density at radius 1 is 1.12 bits per heavy atom. The Kier molecular flexibility index (Phi) is 5.25. The lowest BCUT2D eigenvalue weighted by Crippen LogP contribution is -2.24. The zero-order valence-electron chi connectivity index (χ0n) is 12.8. The molecule has 24 heavy (non-hydrogen) atoms. The van der Waals surface area contributed by atoms with Crippen LogP contribution in [0, 0.1) is 0 Å². The second-order valence-electron chi connectivity index (χ2n) is 5.40. The molecule has 7 nitrogen and oxygen atoms in total. The van der Waals surface area contributed by atoms with E-state index < -0.39 is 5.91 Å². The smallest absolute Gasteiger partial charge is 0.252 e. The molecule has 126 valence electrons. The highest BCUT2D eigenvalue weighted by Gasteiger charge is 2.31. The van der Waals surface area contributed by atoms with E-state index >= 15 is 0 Å². The first-order valence-corrected chi connectivity index (χ1v) is 7.17. The molecule has 0 saturated heterocycles. The number of halogens is 1. The minimum Gasteiger partial charge on any atom is -0.468 e. The number of hydrogen-bond acceptors (Lipinski definition) is 4. The number of benzene rings is 1. The summed E-state index contributed by atoms with van der Waals surface area (Å²) < 4.78 is 5.54. The van der Waals surface area contributed by atoms with Crippen LogP contribution in [0.3, 0.4) is 0 Å². The molecule has 6 N–H and O–H groups in total. The molecule has 2 aromatic rings. The van der Waals surface area contributed by atoms with Gasteiger partial charge in [-0.15, -0.1) is 17.5 Å². The van der Waals surface area contributed by atoms with E-state index in [4.69, 9.17) is 21.6 Å². The molecule has 1 heterocycles. The van der Waals surface area contributed by atoms with Crippen molar-refractivity contribution in [1.82, 2.24) is 0 Å². The van der Waals surface area contributed by atoms with Crippen molar-refractivity contribution in [2.24, 2.45) is 27.4 Å². The van der Waals surface area contributed by atoms with E-state index in [0.29, 0.717) is 35.4 Å². The summed E-state index contributed by atoms with van der Waals surface area (Å²) in [6, 6.07) is 10.0. The second-order valence-corrected chi connectivity index (χ2v) is 5.40. The van der Waals surface area contributed by atoms with Crippen LogP contribution in [-0.4, -0.2) is 17.6 Å². The third-order valence-corrected chi connectivity index (χ3v) is 3.85. The maximum absolute atomic E-state index is 11.6. The molecule has 0 radical (unpaired) electrons. The quantitative estimate of drug-likeness (QED) is 0.440. The maximum Gasteiger partial charge on any atom is 0.252 e. The molecule has 1 aromatic heterocycles. The Hall–Kier alpha value is -2.80. The predicted octanol–water partition coefficient (Wildman–Crippen LogP) is 1.51. The number of amides is 1. The van der Waals surface area contributed by atoms with Crippen molar-refractivity contribution in [3.05, 3.63) is 59.0 Å². The molecule has 0 saturated carbocycles. The normalized spacial score (nSPS) is 17.7. The lowest BCUT2D eigenvalue weighted by molar-refractivity contribution is 0.0999. The van der Waals surface area contributed by atoms with Crippen molar-refractivity contribution in [1.29, 1.82) is 0 Å². The van der Waals surface area contributed by atoms with Gasteiger partial charge in [0.2, 0.25) is 5.96 Å². The van der Waals surface area contributed by atoms with E-state index in [1.807, 2.05) is 30.3 Å². The fourth-order valence-electron chi connectivity index (χ4n) is 2.85. The Morgan fingerprint density at radius 2 is 1.83 bits per heavy atom. The van der Waals surface area contributed by atoms with Crippen LogP contribution >= 0.6 is 12.4 Å². The van der Waals surface area contributed by atoms with Gasteiger partial charge in [-0.1, -0.05) is 30.3 Å². The molecular weight excluding hydrogens is 330 g/mol. The van der Waals surface area contributed by atoms with Crippen molar-refractivity contribution >= 4 is 30.0 Å². The van der Waals surface area contributed by atoms with Gasteiger partial charge < -0.3 is 21.6 Å². The average molecular weight is 348 g/mol. The molecule has 0 fully saturated rings. The largest absolute Gasteiger partial charge is 0.468 e. The number of guanidine groups is 1. The van der Waals surface area contributed by atoms with E-state index in [0.717, 1.165) is 5.56 Å². The van der Waals surface area contributed by atoms with Crippen LogP contribution in [0.2, 0.25) is 0 Å². The van der Waals surface area contributed by atoms with E-state index in [1.54, 1.807) is 0 Å². The average Bonchev–Trinajstić information content (AvgIpc) is 2.97. The molecule has 1 aliphatic rings. The first kappa shape index (κ1) is 17.6. The van der Waals surface area contributed by atoms with Crippen LogP contribution in [0.1, 0.15) is 39.6 Å². The molecular formula is C16H18ClN5O2. The highest BCUT2D eigenvalue weighted by Crippen LogP contribution is 2.35. The number of carbonyl (C=O) groups is 1. The predicted molar refractivity (Wildman–Crippen MR) is 94.3 cm³/mol. The molecule has 1 unspecified atom stereocenters. The second kappa shape index (κ2) is 7.18. The lowest BCUT2D eigenvalue weighted by Gasteiger charge is -2.23. The lowest BCUT2D eigenvalue weighted by atomic mass is 9.81. The third kappa shape index (κ3) is 3.41. The summed E-state index contributed by atoms with van der Waals surface area (Å²) in [6.07, 6.45) is 2.62. The zero-order chi connectivity index (χ0) is 16.4. The SMILES string of the molecule is Cl.NC(=O)c1coc2c1/C(=N\N=C(N)N)CC(c1ccccc1)C2. The number of nitrogens with two attached hydrogens (primary N) is 3. The van der Waals surface area contributed by atoms with Crippen LogP contribution in [0.15, 0.2) is 51.2 Å². The summed E-state index contributed by atoms with van der Waals surface area (Å²) in [5.41, 5.74) is 18.8. The van der Waals surface area contributed by atoms with Crippen LogP contribution in [0.25, 0.3) is 0 Å². The van der Waals surface area contributed by atoms with Gasteiger partial charge in [0.1, 0.15) is 12.0 Å². The Labute approximate surface area is 145 Å². The first-order chi connectivity index (χ1) is 11.1. The number of primary amides is 1. The summed E-state index contributed by atoms with van der Waals surface area (Å²) in [4.78, 5) is 11.6. The van der Waals surface area contributed by atoms with Crippen molar-refractivity contribution in [2.45, 2.75) is 18.8 Å². The third-order valence-electron chi connectivity index (χ3n) is 3.85. The van der Waals surface area contributed by atoms with Gasteiger partial charge in [0.05, 0.1) is 16.8 Å². The number of hydrogen-bond donors (Lipinski definition) is 3. The van der Waals surface area contributed by atoms with Gasteiger partial charge >= 0.3 is 0 Å². The Balaban J connectivity index is 0.00000208. The fraction of sp³-hybridized carbons (Fsp3) is 0.188. The molecule has 0 bridgehead atoms. The monoisotopic (exact) mass is 347 g/mol. The van der Waals surface area contributed by atoms with Crippen LogP contribution in [0.5, 0.6) is 0 Å². The van der Waals surface area contributed by atoms with Gasteiger partial charge in [-0.2, -0.15) is 5.10 Å². The van der Waals surface area contributed by atoms with Crippen LogP contribution in [0.4, 0.5) is 0 Å². The molecule has 1 aliphatic carbocycles. The van der Waals surface area contributed by atoms with Gasteiger partial charge in [0.25, 0.3) is 5.91 Å². The van der Waals surface area contributed by atoms with Crippen molar-refractivity contribution < 1.29 is 9.21 Å². The molecule has 1 atom stereocenters. The number of furan rings is 1. The van der Waals surface area contributed by atoms with E-state index in [-0.39, 0.29) is 24.3 Å². The van der Waals surface area contributed by atoms with Gasteiger partial charge in [0, 0.05) is 6.42 Å². The van der Waals surface area contributed by atoms with Gasteiger partial charge in [-0.25, -0.2) is 0 Å². The van der Waals surface area contributed by atoms with Gasteiger partial charge in [-0.05, 0) is 17.9 Å². The van der Waals surface area contributed by atoms with E-state index in [1.165, 1.54) is 6.26 Å². The van der Waals surface area contributed by atoms with Gasteiger partial charge in [0.15, 0.2) is 0 Å². The van der Waals surface area contributed by atoms with E-state index in [9.17, 15) is 4.79 Å². The van der Waals surface area contributed by atoms with Gasteiger partial charge in [-0.3, -0.25) is 4.79 Å². The molecule has 3 rings (SSSR count). The summed E-state index contributed by atoms with van der Waals surface area (Å²) in [5, 5.41) is 7.82. The topological polar surface area (TPSA) is 133 Å². The van der Waals surface area contributed by atoms with Crippen molar-refractivity contribution in [3.63, 3.8) is 0 Å². The standard InChI is InChI=1S/C16H17N5O2.ClH/c17-15(22)11-8-23-13-7-10(9-4-2-1-3-5-9)6-12(14(11)13)20-21-16(18)19;/h1-5,8,10H,6-7H2,(H2,17,22)(H4,18,19,21);1H/b20-12-;. The molecule has 8 heteroatoms. The highest BCUT2D eigenvalue weighted by molar-refractivity contribution is 6.11. The summed E-state index contributed by atoms with van der Waals surface area (Å²) >= 11 is 0.